The van der Waals surface area contributed by atoms with Crippen molar-refractivity contribution >= 4 is 5.78 Å². The maximum Gasteiger partial charge on any atom is 0.153 e. The number of carbonyl (C=O) groups is 1. The standard InChI is InChI=1S/C9H15NO/c1-2-9-3-5-10(6-4-9)7-8(9)11/h2-7H2,1H3. The number of rotatable bonds is 1. The second-order valence-electron chi connectivity index (χ2n) is 3.83. The number of hydrogen-bond acceptors (Lipinski definition) is 2. The van der Waals surface area contributed by atoms with E-state index < -0.39 is 0 Å². The number of piperidine rings is 3. The Morgan fingerprint density at radius 3 is 2.45 bits per heavy atom. The summed E-state index contributed by atoms with van der Waals surface area (Å²) in [6.45, 7) is 5.19. The summed E-state index contributed by atoms with van der Waals surface area (Å²) < 4.78 is 0. The molecule has 3 aliphatic rings. The van der Waals surface area contributed by atoms with Gasteiger partial charge in [0.1, 0.15) is 0 Å². The van der Waals surface area contributed by atoms with Crippen LogP contribution < -0.4 is 0 Å². The quantitative estimate of drug-likeness (QED) is 0.561. The van der Waals surface area contributed by atoms with Crippen LogP contribution in [0.25, 0.3) is 0 Å². The molecule has 3 heterocycles. The van der Waals surface area contributed by atoms with Crippen molar-refractivity contribution < 1.29 is 4.79 Å². The van der Waals surface area contributed by atoms with E-state index in [1.54, 1.807) is 0 Å². The number of carbonyl (C=O) groups excluding carboxylic acids is 1. The van der Waals surface area contributed by atoms with Crippen LogP contribution in [0.15, 0.2) is 0 Å². The van der Waals surface area contributed by atoms with Crippen molar-refractivity contribution in [2.75, 3.05) is 19.6 Å². The zero-order valence-electron chi connectivity index (χ0n) is 7.10. The Morgan fingerprint density at radius 1 is 1.45 bits per heavy atom. The smallest absolute Gasteiger partial charge is 0.153 e. The fourth-order valence-electron chi connectivity index (χ4n) is 2.34. The minimum absolute atomic E-state index is 0.106. The molecular weight excluding hydrogens is 138 g/mol. The lowest BCUT2D eigenvalue weighted by atomic mass is 9.69. The van der Waals surface area contributed by atoms with Crippen LogP contribution in [0.2, 0.25) is 0 Å². The maximum atomic E-state index is 11.6. The lowest BCUT2D eigenvalue weighted by molar-refractivity contribution is -0.140. The number of ketones is 1. The Hall–Kier alpha value is -0.370. The molecule has 62 valence electrons. The van der Waals surface area contributed by atoms with E-state index in [4.69, 9.17) is 0 Å². The highest BCUT2D eigenvalue weighted by Crippen LogP contribution is 2.39. The van der Waals surface area contributed by atoms with Crippen molar-refractivity contribution in [1.29, 1.82) is 0 Å². The number of fused-ring (bicyclic) bond motifs is 3. The first-order chi connectivity index (χ1) is 5.27. The van der Waals surface area contributed by atoms with Crippen LogP contribution in [-0.4, -0.2) is 30.3 Å². The summed E-state index contributed by atoms with van der Waals surface area (Å²) in [4.78, 5) is 13.8. The van der Waals surface area contributed by atoms with Crippen LogP contribution in [0.4, 0.5) is 0 Å². The van der Waals surface area contributed by atoms with E-state index in [0.717, 1.165) is 38.9 Å². The van der Waals surface area contributed by atoms with E-state index in [9.17, 15) is 4.79 Å². The van der Waals surface area contributed by atoms with E-state index in [2.05, 4.69) is 11.8 Å². The first kappa shape index (κ1) is 7.29. The van der Waals surface area contributed by atoms with Crippen LogP contribution in [0, 0.1) is 5.41 Å². The van der Waals surface area contributed by atoms with Gasteiger partial charge < -0.3 is 0 Å². The Labute approximate surface area is 67.6 Å². The van der Waals surface area contributed by atoms with Gasteiger partial charge in [-0.1, -0.05) is 6.92 Å². The fourth-order valence-corrected chi connectivity index (χ4v) is 2.34. The summed E-state index contributed by atoms with van der Waals surface area (Å²) in [7, 11) is 0. The van der Waals surface area contributed by atoms with E-state index >= 15 is 0 Å². The van der Waals surface area contributed by atoms with Gasteiger partial charge in [-0.2, -0.15) is 0 Å². The van der Waals surface area contributed by atoms with Gasteiger partial charge in [0.25, 0.3) is 0 Å². The topological polar surface area (TPSA) is 20.3 Å². The first-order valence-corrected chi connectivity index (χ1v) is 4.52. The van der Waals surface area contributed by atoms with E-state index in [-0.39, 0.29) is 5.41 Å². The van der Waals surface area contributed by atoms with Crippen molar-refractivity contribution in [3.63, 3.8) is 0 Å². The van der Waals surface area contributed by atoms with Gasteiger partial charge in [-0.3, -0.25) is 9.69 Å². The highest BCUT2D eigenvalue weighted by atomic mass is 16.1. The molecule has 11 heavy (non-hydrogen) atoms. The predicted molar refractivity (Wildman–Crippen MR) is 43.4 cm³/mol. The number of hydrogen-bond donors (Lipinski definition) is 0. The van der Waals surface area contributed by atoms with Gasteiger partial charge in [0.05, 0.1) is 6.54 Å². The molecule has 2 bridgehead atoms. The maximum absolute atomic E-state index is 11.6. The molecule has 2 heteroatoms. The zero-order valence-corrected chi connectivity index (χ0v) is 7.10. The number of Topliss-reactive ketones (excluding diaryl/α,β-unsaturated/α-hetero) is 1. The second-order valence-corrected chi connectivity index (χ2v) is 3.83. The van der Waals surface area contributed by atoms with Crippen LogP contribution in [0.1, 0.15) is 26.2 Å². The van der Waals surface area contributed by atoms with Crippen LogP contribution >= 0.6 is 0 Å². The SMILES string of the molecule is CCC12CCN(CC1)CC2=O. The Morgan fingerprint density at radius 2 is 2.09 bits per heavy atom. The van der Waals surface area contributed by atoms with Gasteiger partial charge in [-0.25, -0.2) is 0 Å². The van der Waals surface area contributed by atoms with Crippen LogP contribution in [-0.2, 0) is 4.79 Å². The summed E-state index contributed by atoms with van der Waals surface area (Å²) in [6, 6.07) is 0. The van der Waals surface area contributed by atoms with Gasteiger partial charge in [0, 0.05) is 5.41 Å². The van der Waals surface area contributed by atoms with Crippen LogP contribution in [0.3, 0.4) is 0 Å². The highest BCUT2D eigenvalue weighted by Gasteiger charge is 2.44. The summed E-state index contributed by atoms with van der Waals surface area (Å²) >= 11 is 0. The normalized spacial score (nSPS) is 43.0. The van der Waals surface area contributed by atoms with E-state index in [1.807, 2.05) is 0 Å². The third-order valence-corrected chi connectivity index (χ3v) is 3.45. The molecule has 0 aromatic heterocycles. The molecule has 0 amide bonds. The summed E-state index contributed by atoms with van der Waals surface area (Å²) in [6.07, 6.45) is 3.28. The minimum Gasteiger partial charge on any atom is -0.298 e. The number of nitrogens with zero attached hydrogens (tertiary/aromatic N) is 1. The molecule has 3 fully saturated rings. The van der Waals surface area contributed by atoms with Crippen LogP contribution in [0.5, 0.6) is 0 Å². The summed E-state index contributed by atoms with van der Waals surface area (Å²) in [5, 5.41) is 0. The van der Waals surface area contributed by atoms with Gasteiger partial charge in [-0.05, 0) is 32.4 Å². The van der Waals surface area contributed by atoms with Gasteiger partial charge in [0.2, 0.25) is 0 Å². The van der Waals surface area contributed by atoms with Crippen molar-refractivity contribution in [2.45, 2.75) is 26.2 Å². The molecule has 0 spiro atoms. The summed E-state index contributed by atoms with van der Waals surface area (Å²) in [5.74, 6) is 0.498. The Kier molecular flexibility index (Phi) is 1.53. The largest absolute Gasteiger partial charge is 0.298 e. The molecule has 0 N–H and O–H groups in total. The molecule has 3 rings (SSSR count). The lowest BCUT2D eigenvalue weighted by Crippen LogP contribution is -2.54. The Balaban J connectivity index is 2.23. The molecular formula is C9H15NO. The minimum atomic E-state index is 0.106. The monoisotopic (exact) mass is 153 g/mol. The molecule has 0 aromatic rings. The molecule has 2 nitrogen and oxygen atoms in total. The molecule has 0 atom stereocenters. The van der Waals surface area contributed by atoms with Crippen molar-refractivity contribution in [1.82, 2.24) is 4.90 Å². The van der Waals surface area contributed by atoms with E-state index in [1.165, 1.54) is 0 Å². The van der Waals surface area contributed by atoms with Crippen molar-refractivity contribution in [2.24, 2.45) is 5.41 Å². The molecule has 0 saturated carbocycles. The fraction of sp³-hybridized carbons (Fsp3) is 0.889. The van der Waals surface area contributed by atoms with Gasteiger partial charge in [0.15, 0.2) is 5.78 Å². The Bertz CT molecular complexity index is 180. The summed E-state index contributed by atoms with van der Waals surface area (Å²) in [5.41, 5.74) is 0.106. The third kappa shape index (κ3) is 0.924. The first-order valence-electron chi connectivity index (χ1n) is 4.52. The van der Waals surface area contributed by atoms with Crippen molar-refractivity contribution in [3.8, 4) is 0 Å². The molecule has 0 radical (unpaired) electrons. The highest BCUT2D eigenvalue weighted by molar-refractivity contribution is 5.88. The molecule has 0 unspecified atom stereocenters. The second kappa shape index (κ2) is 2.31. The zero-order chi connectivity index (χ0) is 7.90. The molecule has 0 aliphatic carbocycles. The predicted octanol–water partition coefficient (Wildman–Crippen LogP) is 1.06. The third-order valence-electron chi connectivity index (χ3n) is 3.45. The van der Waals surface area contributed by atoms with Crippen molar-refractivity contribution in [3.05, 3.63) is 0 Å². The van der Waals surface area contributed by atoms with Gasteiger partial charge in [-0.15, -0.1) is 0 Å². The molecule has 3 saturated heterocycles. The average Bonchev–Trinajstić information content (AvgIpc) is 2.07. The van der Waals surface area contributed by atoms with E-state index in [0.29, 0.717) is 5.78 Å². The van der Waals surface area contributed by atoms with Gasteiger partial charge >= 0.3 is 0 Å². The lowest BCUT2D eigenvalue weighted by Gasteiger charge is -2.46. The molecule has 3 aliphatic heterocycles. The molecule has 0 aromatic carbocycles. The average molecular weight is 153 g/mol.